The van der Waals surface area contributed by atoms with E-state index in [0.29, 0.717) is 17.0 Å². The molecule has 3 heterocycles. The first-order valence-corrected chi connectivity index (χ1v) is 8.81. The molecular weight excluding hydrogens is 343 g/mol. The van der Waals surface area contributed by atoms with E-state index in [1.807, 2.05) is 62.8 Å². The molecule has 0 fully saturated rings. The molecule has 0 amide bonds. The number of hydrogen-bond donors (Lipinski definition) is 0. The van der Waals surface area contributed by atoms with E-state index in [2.05, 4.69) is 5.10 Å². The van der Waals surface area contributed by atoms with Crippen molar-refractivity contribution in [3.63, 3.8) is 0 Å². The predicted molar refractivity (Wildman–Crippen MR) is 102 cm³/mol. The Kier molecular flexibility index (Phi) is 4.18. The van der Waals surface area contributed by atoms with Crippen molar-refractivity contribution in [3.8, 4) is 17.0 Å². The zero-order chi connectivity index (χ0) is 19.1. The average molecular weight is 364 g/mol. The second-order valence-electron chi connectivity index (χ2n) is 6.74. The molecule has 0 unspecified atom stereocenters. The van der Waals surface area contributed by atoms with E-state index < -0.39 is 0 Å². The van der Waals surface area contributed by atoms with E-state index in [1.165, 1.54) is 6.07 Å². The van der Waals surface area contributed by atoms with Gasteiger partial charge in [0.15, 0.2) is 11.4 Å². The minimum Gasteiger partial charge on any atom is -0.485 e. The van der Waals surface area contributed by atoms with Crippen LogP contribution in [0.25, 0.3) is 16.9 Å². The largest absolute Gasteiger partial charge is 0.485 e. The molecule has 3 aromatic heterocycles. The van der Waals surface area contributed by atoms with Crippen molar-refractivity contribution in [1.29, 1.82) is 0 Å². The molecule has 27 heavy (non-hydrogen) atoms. The first kappa shape index (κ1) is 17.3. The maximum atomic E-state index is 14.1. The lowest BCUT2D eigenvalue weighted by Gasteiger charge is -2.11. The van der Waals surface area contributed by atoms with Gasteiger partial charge in [-0.3, -0.25) is 9.08 Å². The smallest absolute Gasteiger partial charge is 0.180 e. The monoisotopic (exact) mass is 364 g/mol. The number of hydrogen-bond acceptors (Lipinski definition) is 3. The summed E-state index contributed by atoms with van der Waals surface area (Å²) in [6.07, 6.45) is 3.94. The van der Waals surface area contributed by atoms with Crippen molar-refractivity contribution in [3.05, 3.63) is 71.1 Å². The molecule has 0 aliphatic carbocycles. The average Bonchev–Trinajstić information content (AvgIpc) is 3.12. The first-order valence-electron chi connectivity index (χ1n) is 8.81. The first-order chi connectivity index (χ1) is 13.0. The minimum atomic E-state index is -0.256. The number of fused-ring (bicyclic) bond motifs is 1. The lowest BCUT2D eigenvalue weighted by atomic mass is 10.1. The van der Waals surface area contributed by atoms with Gasteiger partial charge in [-0.15, -0.1) is 0 Å². The molecular formula is C21H21FN4O. The fraction of sp³-hybridized carbons (Fsp3) is 0.238. The summed E-state index contributed by atoms with van der Waals surface area (Å²) in [5, 5.41) is 4.44. The van der Waals surface area contributed by atoms with Gasteiger partial charge in [0, 0.05) is 30.6 Å². The molecule has 1 aromatic carbocycles. The van der Waals surface area contributed by atoms with E-state index >= 15 is 0 Å². The van der Waals surface area contributed by atoms with Crippen LogP contribution in [0.3, 0.4) is 0 Å². The van der Waals surface area contributed by atoms with Crippen LogP contribution in [0.1, 0.15) is 22.5 Å². The summed E-state index contributed by atoms with van der Waals surface area (Å²) < 4.78 is 23.9. The minimum absolute atomic E-state index is 0.158. The SMILES string of the molecule is Cc1cccc(F)c1COc1cccn2c(-c3cn(C)nc3C)c(C)nc12. The lowest BCUT2D eigenvalue weighted by Crippen LogP contribution is -2.02. The summed E-state index contributed by atoms with van der Waals surface area (Å²) in [4.78, 5) is 4.70. The number of benzene rings is 1. The Morgan fingerprint density at radius 2 is 1.89 bits per heavy atom. The van der Waals surface area contributed by atoms with Gasteiger partial charge in [0.2, 0.25) is 0 Å². The van der Waals surface area contributed by atoms with E-state index in [4.69, 9.17) is 9.72 Å². The quantitative estimate of drug-likeness (QED) is 0.540. The topological polar surface area (TPSA) is 44.4 Å². The van der Waals surface area contributed by atoms with Crippen LogP contribution in [0.4, 0.5) is 4.39 Å². The predicted octanol–water partition coefficient (Wildman–Crippen LogP) is 4.38. The van der Waals surface area contributed by atoms with Crippen molar-refractivity contribution in [2.24, 2.45) is 7.05 Å². The Morgan fingerprint density at radius 3 is 2.59 bits per heavy atom. The second kappa shape index (κ2) is 6.54. The molecule has 0 aliphatic heterocycles. The zero-order valence-corrected chi connectivity index (χ0v) is 15.8. The second-order valence-corrected chi connectivity index (χ2v) is 6.74. The molecule has 0 N–H and O–H groups in total. The molecule has 5 nitrogen and oxygen atoms in total. The zero-order valence-electron chi connectivity index (χ0n) is 15.8. The third kappa shape index (κ3) is 2.97. The highest BCUT2D eigenvalue weighted by Gasteiger charge is 2.18. The summed E-state index contributed by atoms with van der Waals surface area (Å²) >= 11 is 0. The number of ether oxygens (including phenoxy) is 1. The van der Waals surface area contributed by atoms with Gasteiger partial charge >= 0.3 is 0 Å². The lowest BCUT2D eigenvalue weighted by molar-refractivity contribution is 0.301. The van der Waals surface area contributed by atoms with E-state index in [0.717, 1.165) is 28.2 Å². The molecule has 0 radical (unpaired) electrons. The van der Waals surface area contributed by atoms with Crippen molar-refractivity contribution in [2.75, 3.05) is 0 Å². The standard InChI is InChI=1S/C21H21FN4O/c1-13-7-5-8-18(22)17(13)12-27-19-9-6-10-26-20(15(3)23-21(19)26)16-11-25(4)24-14(16)2/h5-11H,12H2,1-4H3. The highest BCUT2D eigenvalue weighted by Crippen LogP contribution is 2.31. The Labute approximate surface area is 157 Å². The maximum absolute atomic E-state index is 14.1. The van der Waals surface area contributed by atoms with Crippen LogP contribution in [0.2, 0.25) is 0 Å². The van der Waals surface area contributed by atoms with Crippen LogP contribution in [0.5, 0.6) is 5.75 Å². The fourth-order valence-electron chi connectivity index (χ4n) is 3.42. The number of aromatic nitrogens is 4. The molecule has 4 aromatic rings. The highest BCUT2D eigenvalue weighted by atomic mass is 19.1. The number of rotatable bonds is 4. The van der Waals surface area contributed by atoms with Crippen molar-refractivity contribution in [1.82, 2.24) is 19.2 Å². The number of aryl methyl sites for hydroxylation is 4. The summed E-state index contributed by atoms with van der Waals surface area (Å²) in [6.45, 7) is 5.99. The van der Waals surface area contributed by atoms with Crippen molar-refractivity contribution >= 4 is 5.65 Å². The van der Waals surface area contributed by atoms with E-state index in [1.54, 1.807) is 10.7 Å². The normalized spacial score (nSPS) is 11.3. The van der Waals surface area contributed by atoms with Crippen LogP contribution >= 0.6 is 0 Å². The molecule has 6 heteroatoms. The van der Waals surface area contributed by atoms with Crippen LogP contribution in [-0.2, 0) is 13.7 Å². The van der Waals surface area contributed by atoms with Gasteiger partial charge in [-0.05, 0) is 44.5 Å². The molecule has 0 aliphatic rings. The summed E-state index contributed by atoms with van der Waals surface area (Å²) in [6, 6.07) is 8.81. The Morgan fingerprint density at radius 1 is 1.07 bits per heavy atom. The molecule has 0 saturated heterocycles. The van der Waals surface area contributed by atoms with Crippen molar-refractivity contribution < 1.29 is 9.13 Å². The van der Waals surface area contributed by atoms with Gasteiger partial charge in [0.05, 0.1) is 17.1 Å². The number of pyridine rings is 1. The maximum Gasteiger partial charge on any atom is 0.180 e. The summed E-state index contributed by atoms with van der Waals surface area (Å²) in [7, 11) is 1.90. The Balaban J connectivity index is 1.75. The van der Waals surface area contributed by atoms with E-state index in [9.17, 15) is 4.39 Å². The summed E-state index contributed by atoms with van der Waals surface area (Å²) in [5.41, 5.74) is 5.99. The summed E-state index contributed by atoms with van der Waals surface area (Å²) in [5.74, 6) is 0.365. The molecule has 0 bridgehead atoms. The van der Waals surface area contributed by atoms with Gasteiger partial charge in [-0.1, -0.05) is 12.1 Å². The van der Waals surface area contributed by atoms with E-state index in [-0.39, 0.29) is 12.4 Å². The van der Waals surface area contributed by atoms with Gasteiger partial charge < -0.3 is 4.74 Å². The molecule has 4 rings (SSSR count). The fourth-order valence-corrected chi connectivity index (χ4v) is 3.42. The Bertz CT molecular complexity index is 1120. The van der Waals surface area contributed by atoms with Crippen molar-refractivity contribution in [2.45, 2.75) is 27.4 Å². The van der Waals surface area contributed by atoms with Gasteiger partial charge in [-0.2, -0.15) is 5.10 Å². The third-order valence-corrected chi connectivity index (χ3v) is 4.78. The molecule has 0 spiro atoms. The highest BCUT2D eigenvalue weighted by molar-refractivity contribution is 5.71. The van der Waals surface area contributed by atoms with Gasteiger partial charge in [-0.25, -0.2) is 9.37 Å². The molecule has 0 saturated carbocycles. The van der Waals surface area contributed by atoms with Gasteiger partial charge in [0.25, 0.3) is 0 Å². The Hall–Kier alpha value is -3.15. The molecule has 138 valence electrons. The van der Waals surface area contributed by atoms with Crippen LogP contribution < -0.4 is 4.74 Å². The number of halogens is 1. The van der Waals surface area contributed by atoms with Gasteiger partial charge in [0.1, 0.15) is 12.4 Å². The van der Waals surface area contributed by atoms with Crippen LogP contribution in [0, 0.1) is 26.6 Å². The third-order valence-electron chi connectivity index (χ3n) is 4.78. The number of nitrogens with zero attached hydrogens (tertiary/aromatic N) is 4. The number of imidazole rings is 1. The molecule has 0 atom stereocenters. The van der Waals surface area contributed by atoms with Crippen LogP contribution in [0.15, 0.2) is 42.7 Å². The van der Waals surface area contributed by atoms with Crippen LogP contribution in [-0.4, -0.2) is 19.2 Å².